The molecule has 0 aromatic heterocycles. The summed E-state index contributed by atoms with van der Waals surface area (Å²) in [6.45, 7) is 2.14. The molecule has 0 spiro atoms. The molecular weight excluding hydrogens is 284 g/mol. The minimum atomic E-state index is 0. The van der Waals surface area contributed by atoms with Crippen LogP contribution in [0, 0.1) is 63.7 Å². The first-order valence-corrected chi connectivity index (χ1v) is 6.48. The van der Waals surface area contributed by atoms with Gasteiger partial charge in [0.15, 0.2) is 0 Å². The molecule has 3 rings (SSSR count). The SMILES string of the molecule is C/C(=C\c1ccccc1)[C]1[CH][CH][CH][CH]1.[CH]1[CH][CH][CH][CH]1.[Fe+2]. The fourth-order valence-corrected chi connectivity index (χ4v) is 1.84. The van der Waals surface area contributed by atoms with Gasteiger partial charge >= 0.3 is 17.1 Å². The summed E-state index contributed by atoms with van der Waals surface area (Å²) < 4.78 is 0. The minimum absolute atomic E-state index is 0. The fourth-order valence-electron chi connectivity index (χ4n) is 1.84. The Kier molecular flexibility index (Phi) is 8.98. The summed E-state index contributed by atoms with van der Waals surface area (Å²) in [5.74, 6) is 1.30. The Balaban J connectivity index is 0.000000283. The van der Waals surface area contributed by atoms with Gasteiger partial charge < -0.3 is 0 Å². The van der Waals surface area contributed by atoms with Gasteiger partial charge in [0, 0.05) is 5.92 Å². The zero-order valence-corrected chi connectivity index (χ0v) is 12.6. The van der Waals surface area contributed by atoms with Crippen molar-refractivity contribution in [2.24, 2.45) is 0 Å². The van der Waals surface area contributed by atoms with Crippen LogP contribution in [0.4, 0.5) is 0 Å². The Labute approximate surface area is 135 Å². The molecular formula is C19H18Fe+2. The van der Waals surface area contributed by atoms with Crippen LogP contribution in [0.25, 0.3) is 6.08 Å². The van der Waals surface area contributed by atoms with Crippen LogP contribution in [-0.4, -0.2) is 0 Å². The maximum Gasteiger partial charge on any atom is 2.00 e. The van der Waals surface area contributed by atoms with Crippen molar-refractivity contribution in [1.82, 2.24) is 0 Å². The molecule has 1 heteroatoms. The van der Waals surface area contributed by atoms with Gasteiger partial charge in [0.2, 0.25) is 0 Å². The van der Waals surface area contributed by atoms with Gasteiger partial charge in [-0.05, 0) is 70.3 Å². The Morgan fingerprint density at radius 1 is 0.750 bits per heavy atom. The van der Waals surface area contributed by atoms with E-state index >= 15 is 0 Å². The molecule has 0 bridgehead atoms. The zero-order chi connectivity index (χ0) is 13.3. The molecule has 0 aliphatic heterocycles. The molecule has 1 aromatic carbocycles. The van der Waals surface area contributed by atoms with E-state index < -0.39 is 0 Å². The molecule has 100 valence electrons. The number of allylic oxidation sites excluding steroid dienone is 1. The van der Waals surface area contributed by atoms with Crippen LogP contribution in [-0.2, 0) is 17.1 Å². The van der Waals surface area contributed by atoms with E-state index in [0.717, 1.165) is 0 Å². The van der Waals surface area contributed by atoms with Gasteiger partial charge in [-0.25, -0.2) is 0 Å². The minimum Gasteiger partial charge on any atom is -0.0650 e. The van der Waals surface area contributed by atoms with Crippen LogP contribution >= 0.6 is 0 Å². The third-order valence-electron chi connectivity index (χ3n) is 2.86. The third kappa shape index (κ3) is 6.29. The van der Waals surface area contributed by atoms with Crippen molar-refractivity contribution in [2.75, 3.05) is 0 Å². The Morgan fingerprint density at radius 3 is 1.75 bits per heavy atom. The zero-order valence-electron chi connectivity index (χ0n) is 11.5. The van der Waals surface area contributed by atoms with E-state index in [1.54, 1.807) is 0 Å². The van der Waals surface area contributed by atoms with E-state index in [-0.39, 0.29) is 17.1 Å². The molecule has 0 amide bonds. The second kappa shape index (κ2) is 10.2. The van der Waals surface area contributed by atoms with Crippen molar-refractivity contribution >= 4 is 6.08 Å². The summed E-state index contributed by atoms with van der Waals surface area (Å²) in [7, 11) is 0. The van der Waals surface area contributed by atoms with E-state index in [4.69, 9.17) is 0 Å². The first-order valence-electron chi connectivity index (χ1n) is 6.48. The quantitative estimate of drug-likeness (QED) is 0.705. The van der Waals surface area contributed by atoms with E-state index in [9.17, 15) is 0 Å². The number of benzene rings is 1. The molecule has 2 saturated carbocycles. The Morgan fingerprint density at radius 2 is 1.25 bits per heavy atom. The summed E-state index contributed by atoms with van der Waals surface area (Å²) in [5, 5.41) is 0. The standard InChI is InChI=1S/C14H13.C5H5.Fe/c1-12(14-9-5-6-10-14)11-13-7-3-2-4-8-13;1-2-4-5-3-1;/h2-11H,1H3;1-5H;/q;;+2/b12-11+;;. The monoisotopic (exact) mass is 302 g/mol. The molecule has 0 atom stereocenters. The average Bonchev–Trinajstić information content (AvgIpc) is 3.16. The average molecular weight is 302 g/mol. The van der Waals surface area contributed by atoms with Gasteiger partial charge in [-0.2, -0.15) is 0 Å². The normalized spacial score (nSPS) is 19.1. The molecule has 0 heterocycles. The second-order valence-corrected chi connectivity index (χ2v) is 4.37. The van der Waals surface area contributed by atoms with E-state index in [1.807, 2.05) is 38.2 Å². The van der Waals surface area contributed by atoms with Crippen molar-refractivity contribution in [1.29, 1.82) is 0 Å². The van der Waals surface area contributed by atoms with Crippen LogP contribution in [0.5, 0.6) is 0 Å². The van der Waals surface area contributed by atoms with Gasteiger partial charge in [0.1, 0.15) is 0 Å². The van der Waals surface area contributed by atoms with E-state index in [1.165, 1.54) is 17.1 Å². The van der Waals surface area contributed by atoms with E-state index in [2.05, 4.69) is 62.9 Å². The molecule has 2 aliphatic carbocycles. The van der Waals surface area contributed by atoms with E-state index in [0.29, 0.717) is 0 Å². The van der Waals surface area contributed by atoms with Gasteiger partial charge in [0.05, 0.1) is 0 Å². The Hall–Kier alpha value is -0.521. The summed E-state index contributed by atoms with van der Waals surface area (Å²) in [4.78, 5) is 0. The topological polar surface area (TPSA) is 0 Å². The van der Waals surface area contributed by atoms with Crippen molar-refractivity contribution < 1.29 is 17.1 Å². The van der Waals surface area contributed by atoms with Crippen molar-refractivity contribution in [3.05, 3.63) is 105 Å². The predicted octanol–water partition coefficient (Wildman–Crippen LogP) is 4.51. The number of hydrogen-bond acceptors (Lipinski definition) is 0. The first-order chi connectivity index (χ1) is 9.36. The van der Waals surface area contributed by atoms with Crippen LogP contribution in [0.2, 0.25) is 0 Å². The molecule has 1 aromatic rings. The molecule has 0 nitrogen and oxygen atoms in total. The summed E-state index contributed by atoms with van der Waals surface area (Å²) >= 11 is 0. The molecule has 10 radical (unpaired) electrons. The summed E-state index contributed by atoms with van der Waals surface area (Å²) in [6.07, 6.45) is 20.6. The maximum atomic E-state index is 2.20. The van der Waals surface area contributed by atoms with Crippen molar-refractivity contribution in [2.45, 2.75) is 6.92 Å². The Bertz CT molecular complexity index is 362. The van der Waals surface area contributed by atoms with Crippen LogP contribution in [0.3, 0.4) is 0 Å². The molecule has 20 heavy (non-hydrogen) atoms. The molecule has 2 fully saturated rings. The van der Waals surface area contributed by atoms with Gasteiger partial charge in [-0.15, -0.1) is 0 Å². The summed E-state index contributed by atoms with van der Waals surface area (Å²) in [5.41, 5.74) is 2.56. The largest absolute Gasteiger partial charge is 2.00 e. The number of hydrogen-bond donors (Lipinski definition) is 0. The van der Waals surface area contributed by atoms with Gasteiger partial charge in [0.25, 0.3) is 0 Å². The van der Waals surface area contributed by atoms with Gasteiger partial charge in [-0.3, -0.25) is 0 Å². The molecule has 0 saturated heterocycles. The fraction of sp³-hybridized carbons (Fsp3) is 0.0526. The van der Waals surface area contributed by atoms with Crippen molar-refractivity contribution in [3.63, 3.8) is 0 Å². The smallest absolute Gasteiger partial charge is 0.0650 e. The molecule has 0 N–H and O–H groups in total. The van der Waals surface area contributed by atoms with Crippen LogP contribution in [0.15, 0.2) is 35.9 Å². The predicted molar refractivity (Wildman–Crippen MR) is 82.0 cm³/mol. The van der Waals surface area contributed by atoms with Gasteiger partial charge in [-0.1, -0.05) is 42.0 Å². The first kappa shape index (κ1) is 17.5. The second-order valence-electron chi connectivity index (χ2n) is 4.37. The molecule has 2 aliphatic rings. The maximum absolute atomic E-state index is 2.20. The van der Waals surface area contributed by atoms with Crippen LogP contribution < -0.4 is 0 Å². The third-order valence-corrected chi connectivity index (χ3v) is 2.86. The van der Waals surface area contributed by atoms with Crippen molar-refractivity contribution in [3.8, 4) is 0 Å². The van der Waals surface area contributed by atoms with Crippen LogP contribution in [0.1, 0.15) is 12.5 Å². The molecule has 0 unspecified atom stereocenters. The summed E-state index contributed by atoms with van der Waals surface area (Å²) in [6, 6.07) is 10.4. The number of rotatable bonds is 2.